The van der Waals surface area contributed by atoms with E-state index in [0.29, 0.717) is 30.6 Å². The highest BCUT2D eigenvalue weighted by Crippen LogP contribution is 2.28. The minimum Gasteiger partial charge on any atom is -0.322 e. The smallest absolute Gasteiger partial charge is 0.255 e. The first-order valence-corrected chi connectivity index (χ1v) is 9.26. The van der Waals surface area contributed by atoms with Crippen molar-refractivity contribution < 1.29 is 14.4 Å². The molecular weight excluding hydrogens is 332 g/mol. The van der Waals surface area contributed by atoms with E-state index in [9.17, 15) is 14.4 Å². The minimum atomic E-state index is -0.556. The lowest BCUT2D eigenvalue weighted by molar-refractivity contribution is -0.136. The van der Waals surface area contributed by atoms with Crippen LogP contribution in [-0.4, -0.2) is 47.3 Å². The summed E-state index contributed by atoms with van der Waals surface area (Å²) in [6, 6.07) is 6.29. The minimum absolute atomic E-state index is 0.118. The van der Waals surface area contributed by atoms with Crippen molar-refractivity contribution in [3.8, 4) is 0 Å². The molecule has 3 amide bonds. The molecule has 2 saturated heterocycles. The van der Waals surface area contributed by atoms with Gasteiger partial charge in [-0.05, 0) is 43.5 Å². The van der Waals surface area contributed by atoms with Crippen LogP contribution in [0.2, 0.25) is 0 Å². The number of amides is 3. The Labute approximate surface area is 152 Å². The van der Waals surface area contributed by atoms with Gasteiger partial charge in [0.25, 0.3) is 5.91 Å². The maximum absolute atomic E-state index is 12.8. The standard InChI is InChI=1S/C19H24N4O3/c1-11-15(6-7-20-11)21-9-12-2-3-13-10-23(19(26)14(13)8-12)16-4-5-17(24)22-18(16)25/h2-3,8,11,15-16,20-21H,4-7,9-10H2,1H3,(H,22,24,25)/t11-,15+,16?/m1/s1. The van der Waals surface area contributed by atoms with Gasteiger partial charge in [-0.3, -0.25) is 19.7 Å². The summed E-state index contributed by atoms with van der Waals surface area (Å²) in [5.41, 5.74) is 2.69. The lowest BCUT2D eigenvalue weighted by Crippen LogP contribution is -2.52. The second-order valence-corrected chi connectivity index (χ2v) is 7.41. The third-order valence-electron chi connectivity index (χ3n) is 5.69. The van der Waals surface area contributed by atoms with Crippen LogP contribution in [0.15, 0.2) is 18.2 Å². The van der Waals surface area contributed by atoms with Crippen LogP contribution in [0.3, 0.4) is 0 Å². The maximum Gasteiger partial charge on any atom is 0.255 e. The van der Waals surface area contributed by atoms with Crippen LogP contribution < -0.4 is 16.0 Å². The summed E-state index contributed by atoms with van der Waals surface area (Å²) in [4.78, 5) is 37.8. The highest BCUT2D eigenvalue weighted by Gasteiger charge is 2.39. The number of carbonyl (C=O) groups is 3. The maximum atomic E-state index is 12.8. The number of nitrogens with one attached hydrogen (secondary N) is 3. The summed E-state index contributed by atoms with van der Waals surface area (Å²) in [5, 5.41) is 9.30. The first-order valence-electron chi connectivity index (χ1n) is 9.26. The number of piperidine rings is 1. The Kier molecular flexibility index (Phi) is 4.50. The van der Waals surface area contributed by atoms with Crippen molar-refractivity contribution in [2.24, 2.45) is 0 Å². The van der Waals surface area contributed by atoms with Crippen LogP contribution in [0.5, 0.6) is 0 Å². The van der Waals surface area contributed by atoms with Gasteiger partial charge in [0.15, 0.2) is 0 Å². The van der Waals surface area contributed by atoms with Gasteiger partial charge in [-0.2, -0.15) is 0 Å². The Bertz CT molecular complexity index is 763. The van der Waals surface area contributed by atoms with E-state index in [1.165, 1.54) is 0 Å². The molecule has 1 unspecified atom stereocenters. The first-order chi connectivity index (χ1) is 12.5. The highest BCUT2D eigenvalue weighted by molar-refractivity contribution is 6.05. The molecule has 7 heteroatoms. The molecule has 138 valence electrons. The van der Waals surface area contributed by atoms with Crippen molar-refractivity contribution in [2.75, 3.05) is 6.54 Å². The molecule has 3 aliphatic rings. The molecular formula is C19H24N4O3. The normalized spacial score (nSPS) is 28.4. The molecule has 0 aliphatic carbocycles. The van der Waals surface area contributed by atoms with E-state index in [1.54, 1.807) is 4.90 Å². The molecule has 0 aromatic heterocycles. The SMILES string of the molecule is C[C@H]1NCC[C@@H]1NCc1ccc2c(c1)C(=O)N(C1CCC(=O)NC1=O)C2. The van der Waals surface area contributed by atoms with Gasteiger partial charge in [0, 0.05) is 37.2 Å². The number of benzene rings is 1. The second kappa shape index (κ2) is 6.81. The number of hydrogen-bond acceptors (Lipinski definition) is 5. The first kappa shape index (κ1) is 17.2. The molecule has 3 N–H and O–H groups in total. The molecule has 26 heavy (non-hydrogen) atoms. The van der Waals surface area contributed by atoms with Crippen molar-refractivity contribution in [3.05, 3.63) is 34.9 Å². The largest absolute Gasteiger partial charge is 0.322 e. The molecule has 2 fully saturated rings. The second-order valence-electron chi connectivity index (χ2n) is 7.41. The van der Waals surface area contributed by atoms with E-state index in [2.05, 4.69) is 22.9 Å². The number of imide groups is 1. The Morgan fingerprint density at radius 1 is 1.23 bits per heavy atom. The Balaban J connectivity index is 1.45. The fourth-order valence-corrected chi connectivity index (χ4v) is 4.10. The quantitative estimate of drug-likeness (QED) is 0.675. The zero-order valence-corrected chi connectivity index (χ0v) is 14.9. The predicted molar refractivity (Wildman–Crippen MR) is 95.2 cm³/mol. The number of rotatable bonds is 4. The van der Waals surface area contributed by atoms with Gasteiger partial charge in [0.2, 0.25) is 11.8 Å². The van der Waals surface area contributed by atoms with E-state index >= 15 is 0 Å². The molecule has 0 radical (unpaired) electrons. The molecule has 3 atom stereocenters. The van der Waals surface area contributed by atoms with Crippen molar-refractivity contribution >= 4 is 17.7 Å². The van der Waals surface area contributed by atoms with Gasteiger partial charge in [-0.25, -0.2) is 0 Å². The van der Waals surface area contributed by atoms with E-state index in [4.69, 9.17) is 0 Å². The molecule has 0 bridgehead atoms. The zero-order valence-electron chi connectivity index (χ0n) is 14.9. The Hall–Kier alpha value is -2.25. The topological polar surface area (TPSA) is 90.5 Å². The number of hydrogen-bond donors (Lipinski definition) is 3. The summed E-state index contributed by atoms with van der Waals surface area (Å²) in [7, 11) is 0. The Morgan fingerprint density at radius 2 is 2.08 bits per heavy atom. The van der Waals surface area contributed by atoms with Crippen molar-refractivity contribution in [3.63, 3.8) is 0 Å². The van der Waals surface area contributed by atoms with Crippen molar-refractivity contribution in [2.45, 2.75) is 57.4 Å². The van der Waals surface area contributed by atoms with Gasteiger partial charge in [-0.1, -0.05) is 12.1 Å². The third-order valence-corrected chi connectivity index (χ3v) is 5.69. The number of nitrogens with zero attached hydrogens (tertiary/aromatic N) is 1. The van der Waals surface area contributed by atoms with E-state index < -0.39 is 6.04 Å². The zero-order chi connectivity index (χ0) is 18.3. The van der Waals surface area contributed by atoms with Crippen LogP contribution >= 0.6 is 0 Å². The lowest BCUT2D eigenvalue weighted by atomic mass is 10.0. The van der Waals surface area contributed by atoms with Gasteiger partial charge in [0.1, 0.15) is 6.04 Å². The Morgan fingerprint density at radius 3 is 2.81 bits per heavy atom. The molecule has 3 heterocycles. The molecule has 0 spiro atoms. The number of carbonyl (C=O) groups excluding carboxylic acids is 3. The fraction of sp³-hybridized carbons (Fsp3) is 0.526. The van der Waals surface area contributed by atoms with Gasteiger partial charge >= 0.3 is 0 Å². The number of fused-ring (bicyclic) bond motifs is 1. The molecule has 7 nitrogen and oxygen atoms in total. The van der Waals surface area contributed by atoms with Gasteiger partial charge in [0.05, 0.1) is 0 Å². The van der Waals surface area contributed by atoms with Gasteiger partial charge in [-0.15, -0.1) is 0 Å². The summed E-state index contributed by atoms with van der Waals surface area (Å²) >= 11 is 0. The van der Waals surface area contributed by atoms with Crippen LogP contribution in [-0.2, 0) is 22.7 Å². The van der Waals surface area contributed by atoms with Crippen LogP contribution in [0, 0.1) is 0 Å². The van der Waals surface area contributed by atoms with Crippen LogP contribution in [0.4, 0.5) is 0 Å². The summed E-state index contributed by atoms with van der Waals surface area (Å²) < 4.78 is 0. The van der Waals surface area contributed by atoms with Crippen LogP contribution in [0.25, 0.3) is 0 Å². The fourth-order valence-electron chi connectivity index (χ4n) is 4.10. The van der Waals surface area contributed by atoms with E-state index in [1.807, 2.05) is 18.2 Å². The van der Waals surface area contributed by atoms with Crippen LogP contribution in [0.1, 0.15) is 47.7 Å². The average Bonchev–Trinajstić information content (AvgIpc) is 3.17. The molecule has 1 aromatic rings. The predicted octanol–water partition coefficient (Wildman–Crippen LogP) is 0.288. The molecule has 1 aromatic carbocycles. The summed E-state index contributed by atoms with van der Waals surface area (Å²) in [5.74, 6) is -0.751. The van der Waals surface area contributed by atoms with Gasteiger partial charge < -0.3 is 15.5 Å². The monoisotopic (exact) mass is 356 g/mol. The summed E-state index contributed by atoms with van der Waals surface area (Å²) in [6.07, 6.45) is 1.78. The third kappa shape index (κ3) is 3.12. The van der Waals surface area contributed by atoms with Crippen molar-refractivity contribution in [1.29, 1.82) is 0 Å². The molecule has 0 saturated carbocycles. The average molecular weight is 356 g/mol. The summed E-state index contributed by atoms with van der Waals surface area (Å²) in [6.45, 7) is 4.35. The van der Waals surface area contributed by atoms with E-state index in [-0.39, 0.29) is 24.1 Å². The lowest BCUT2D eigenvalue weighted by Gasteiger charge is -2.29. The highest BCUT2D eigenvalue weighted by atomic mass is 16.2. The molecule has 4 rings (SSSR count). The van der Waals surface area contributed by atoms with Crippen molar-refractivity contribution in [1.82, 2.24) is 20.9 Å². The van der Waals surface area contributed by atoms with E-state index in [0.717, 1.165) is 30.6 Å². The molecule has 3 aliphatic heterocycles.